The van der Waals surface area contributed by atoms with Gasteiger partial charge in [-0.2, -0.15) is 0 Å². The first-order valence-corrected chi connectivity index (χ1v) is 36.7. The molecule has 0 unspecified atom stereocenters. The van der Waals surface area contributed by atoms with E-state index in [2.05, 4.69) is 83.1 Å². The van der Waals surface area contributed by atoms with E-state index in [1.54, 1.807) is 0 Å². The van der Waals surface area contributed by atoms with Crippen molar-refractivity contribution in [2.45, 2.75) is 304 Å². The van der Waals surface area contributed by atoms with Gasteiger partial charge in [0.05, 0.1) is 0 Å². The van der Waals surface area contributed by atoms with Crippen LogP contribution in [0.1, 0.15) is 309 Å². The van der Waals surface area contributed by atoms with E-state index in [9.17, 15) is 13.0 Å². The van der Waals surface area contributed by atoms with Crippen molar-refractivity contribution < 1.29 is 31.6 Å². The number of carbonyl (C=O) groups is 2. The number of benzene rings is 1. The third-order valence-corrected chi connectivity index (χ3v) is 34.2. The van der Waals surface area contributed by atoms with Crippen LogP contribution in [-0.4, -0.2) is 72.2 Å². The summed E-state index contributed by atoms with van der Waals surface area (Å²) in [6.07, 6.45) is 40.9. The first-order chi connectivity index (χ1) is 33.2. The molecule has 0 aromatic heterocycles. The van der Waals surface area contributed by atoms with E-state index in [-0.39, 0.29) is 21.4 Å². The molecule has 0 saturated carbocycles. The Kier molecular flexibility index (Phi) is 32.3. The van der Waals surface area contributed by atoms with Crippen molar-refractivity contribution in [2.75, 3.05) is 37.0 Å². The maximum absolute atomic E-state index is 15.4. The second-order valence-corrected chi connectivity index (χ2v) is 36.9. The minimum atomic E-state index is -4.82. The molecule has 0 bridgehead atoms. The average Bonchev–Trinajstić information content (AvgIpc) is 3.33. The monoisotopic (exact) mass is 1040 g/mol. The van der Waals surface area contributed by atoms with Gasteiger partial charge in [0.15, 0.2) is 0 Å². The Morgan fingerprint density at radius 3 is 0.857 bits per heavy atom. The van der Waals surface area contributed by atoms with Crippen molar-refractivity contribution in [1.29, 1.82) is 0 Å². The van der Waals surface area contributed by atoms with Crippen LogP contribution < -0.4 is 0 Å². The summed E-state index contributed by atoms with van der Waals surface area (Å²) in [5.74, 6) is -1.15. The van der Waals surface area contributed by atoms with E-state index in [1.807, 2.05) is 0 Å². The zero-order chi connectivity index (χ0) is 52.7. The molecule has 1 aromatic carbocycles. The second kappa shape index (κ2) is 33.8. The Hall–Kier alpha value is -1.07. The molecule has 1 N–H and O–H groups in total. The SMILES string of the molecule is CCCCCCCCCCCC(C)(C)P(CCCC)(CCCC)(CCCC)OC(=O)c1cc(C(=O)OP(CCCC)(CCCC)(CCCC)C(C)(C)CCCCCCCCCCC)cc(S(=O)(=O)O)c1. The van der Waals surface area contributed by atoms with Crippen LogP contribution in [-0.2, 0) is 19.2 Å². The first-order valence-electron chi connectivity index (χ1n) is 29.8. The van der Waals surface area contributed by atoms with Gasteiger partial charge in [0.25, 0.3) is 0 Å². The van der Waals surface area contributed by atoms with Gasteiger partial charge in [0, 0.05) is 0 Å². The van der Waals surface area contributed by atoms with Crippen LogP contribution in [0.25, 0.3) is 0 Å². The standard InChI is InChI=1S/C60H116O7P2S/c1-13-21-29-31-33-35-37-39-41-43-59(9,10)68(45-23-15-3,46-24-16-4,47-25-17-5)66-57(61)54-51-55(53-56(52-54)70(63,64)65)58(62)67-69(48-26-18-6,49-27-19-7,50-28-20-8)60(11,12)44-42-40-38-36-34-32-30-22-14-2/h51-53H,13-50H2,1-12H3,(H,63,64,65). The topological polar surface area (TPSA) is 107 Å². The van der Waals surface area contributed by atoms with Crippen LogP contribution in [0.5, 0.6) is 0 Å². The molecule has 1 rings (SSSR count). The van der Waals surface area contributed by atoms with Crippen molar-refractivity contribution in [2.24, 2.45) is 0 Å². The maximum atomic E-state index is 15.4. The van der Waals surface area contributed by atoms with Gasteiger partial charge in [-0.25, -0.2) is 0 Å². The van der Waals surface area contributed by atoms with Crippen molar-refractivity contribution in [3.05, 3.63) is 29.3 Å². The average molecular weight is 1040 g/mol. The fraction of sp³-hybridized carbons (Fsp3) is 0.867. The fourth-order valence-electron chi connectivity index (χ4n) is 12.0. The van der Waals surface area contributed by atoms with Crippen molar-refractivity contribution in [3.8, 4) is 0 Å². The van der Waals surface area contributed by atoms with Crippen molar-refractivity contribution in [3.63, 3.8) is 0 Å². The quantitative estimate of drug-likeness (QED) is 0.0394. The Balaban J connectivity index is 4.02. The van der Waals surface area contributed by atoms with Crippen LogP contribution >= 0.6 is 13.7 Å². The van der Waals surface area contributed by atoms with E-state index in [0.29, 0.717) is 0 Å². The predicted octanol–water partition coefficient (Wildman–Crippen LogP) is 20.4. The molecule has 0 heterocycles. The van der Waals surface area contributed by atoms with Gasteiger partial charge < -0.3 is 0 Å². The van der Waals surface area contributed by atoms with Crippen LogP contribution in [0.4, 0.5) is 0 Å². The van der Waals surface area contributed by atoms with Crippen LogP contribution in [0, 0.1) is 0 Å². The molecule has 0 spiro atoms. The Bertz CT molecular complexity index is 1550. The minimum absolute atomic E-state index is 0.00406. The van der Waals surface area contributed by atoms with Gasteiger partial charge in [-0.3, -0.25) is 0 Å². The molecule has 0 aliphatic rings. The molecule has 7 nitrogen and oxygen atoms in total. The molecule has 0 aliphatic heterocycles. The third-order valence-electron chi connectivity index (χ3n) is 17.4. The zero-order valence-corrected chi connectivity index (χ0v) is 50.9. The molecular weight excluding hydrogens is 927 g/mol. The Morgan fingerprint density at radius 2 is 0.629 bits per heavy atom. The molecule has 0 amide bonds. The summed E-state index contributed by atoms with van der Waals surface area (Å²) >= 11 is 0. The summed E-state index contributed by atoms with van der Waals surface area (Å²) in [7, 11) is -4.82. The number of carbonyl (C=O) groups excluding carboxylic acids is 2. The molecular formula is C60H116O7P2S. The second-order valence-electron chi connectivity index (χ2n) is 23.5. The molecule has 414 valence electrons. The van der Waals surface area contributed by atoms with Gasteiger partial charge in [-0.15, -0.1) is 0 Å². The van der Waals surface area contributed by atoms with Gasteiger partial charge in [0.2, 0.25) is 0 Å². The summed E-state index contributed by atoms with van der Waals surface area (Å²) < 4.78 is 52.0. The van der Waals surface area contributed by atoms with Gasteiger partial charge in [0.1, 0.15) is 0 Å². The van der Waals surface area contributed by atoms with E-state index in [1.165, 1.54) is 108 Å². The van der Waals surface area contributed by atoms with Crippen LogP contribution in [0.3, 0.4) is 0 Å². The first kappa shape index (κ1) is 66.9. The normalized spacial score (nSPS) is 14.0. The Morgan fingerprint density at radius 1 is 0.400 bits per heavy atom. The van der Waals surface area contributed by atoms with Crippen LogP contribution in [0.2, 0.25) is 0 Å². The summed E-state index contributed by atoms with van der Waals surface area (Å²) in [6.45, 7) is 20.4. The Labute approximate surface area is 435 Å². The zero-order valence-electron chi connectivity index (χ0n) is 48.3. The predicted molar refractivity (Wildman–Crippen MR) is 311 cm³/mol. The van der Waals surface area contributed by atoms with E-state index in [4.69, 9.17) is 9.05 Å². The van der Waals surface area contributed by atoms with E-state index >= 15 is 9.59 Å². The van der Waals surface area contributed by atoms with Gasteiger partial charge in [-0.05, 0) is 0 Å². The summed E-state index contributed by atoms with van der Waals surface area (Å²) in [6, 6.07) is 4.02. The molecule has 0 radical (unpaired) electrons. The summed E-state index contributed by atoms with van der Waals surface area (Å²) in [5.41, 5.74) is 0.00813. The number of hydrogen-bond donors (Lipinski definition) is 1. The molecule has 0 fully saturated rings. The molecule has 1 aromatic rings. The summed E-state index contributed by atoms with van der Waals surface area (Å²) in [4.78, 5) is 30.2. The van der Waals surface area contributed by atoms with E-state index < -0.39 is 40.6 Å². The number of hydrogen-bond acceptors (Lipinski definition) is 6. The van der Waals surface area contributed by atoms with Crippen LogP contribution in [0.15, 0.2) is 23.1 Å². The van der Waals surface area contributed by atoms with Gasteiger partial charge >= 0.3 is 437 Å². The number of unbranched alkanes of at least 4 members (excludes halogenated alkanes) is 22. The molecule has 0 atom stereocenters. The number of rotatable bonds is 45. The fourth-order valence-corrected chi connectivity index (χ4v) is 27.4. The molecule has 70 heavy (non-hydrogen) atoms. The van der Waals surface area contributed by atoms with Crippen molar-refractivity contribution >= 4 is 35.7 Å². The van der Waals surface area contributed by atoms with Crippen molar-refractivity contribution in [1.82, 2.24) is 0 Å². The molecule has 0 saturated heterocycles. The van der Waals surface area contributed by atoms with Gasteiger partial charge in [-0.1, -0.05) is 0 Å². The molecule has 0 aliphatic carbocycles. The van der Waals surface area contributed by atoms with E-state index in [0.717, 1.165) is 153 Å². The summed E-state index contributed by atoms with van der Waals surface area (Å²) in [5, 5.41) is -0.556. The third kappa shape index (κ3) is 19.9. The molecule has 10 heteroatoms.